The lowest BCUT2D eigenvalue weighted by atomic mass is 10.1. The lowest BCUT2D eigenvalue weighted by Crippen LogP contribution is -2.16. The molecule has 30 heavy (non-hydrogen) atoms. The van der Waals surface area contributed by atoms with E-state index in [1.54, 1.807) is 11.3 Å². The van der Waals surface area contributed by atoms with E-state index >= 15 is 0 Å². The Labute approximate surface area is 184 Å². The van der Waals surface area contributed by atoms with Gasteiger partial charge in [-0.3, -0.25) is 9.36 Å². The molecule has 0 saturated carbocycles. The van der Waals surface area contributed by atoms with Crippen LogP contribution in [0, 0.1) is 13.8 Å². The van der Waals surface area contributed by atoms with Crippen molar-refractivity contribution in [3.63, 3.8) is 0 Å². The van der Waals surface area contributed by atoms with E-state index in [1.165, 1.54) is 21.8 Å². The van der Waals surface area contributed by atoms with Crippen LogP contribution in [0.1, 0.15) is 31.0 Å². The van der Waals surface area contributed by atoms with Crippen LogP contribution in [0.2, 0.25) is 0 Å². The summed E-state index contributed by atoms with van der Waals surface area (Å²) in [6.07, 6.45) is 0. The first-order valence-electron chi connectivity index (χ1n) is 9.86. The Bertz CT molecular complexity index is 1210. The van der Waals surface area contributed by atoms with E-state index in [2.05, 4.69) is 51.4 Å². The van der Waals surface area contributed by atoms with E-state index in [4.69, 9.17) is 0 Å². The summed E-state index contributed by atoms with van der Waals surface area (Å²) in [5.41, 5.74) is 4.19. The van der Waals surface area contributed by atoms with Crippen molar-refractivity contribution in [3.05, 3.63) is 59.0 Å². The van der Waals surface area contributed by atoms with Crippen molar-refractivity contribution in [2.24, 2.45) is 0 Å². The Balaban J connectivity index is 1.55. The molecule has 0 bridgehead atoms. The maximum Gasteiger partial charge on any atom is 0.234 e. The van der Waals surface area contributed by atoms with Gasteiger partial charge in [-0.05, 0) is 51.0 Å². The fourth-order valence-electron chi connectivity index (χ4n) is 3.38. The number of hydrogen-bond acceptors (Lipinski definition) is 5. The molecule has 0 aliphatic rings. The molecule has 0 aliphatic heterocycles. The topological polar surface area (TPSA) is 59.8 Å². The maximum atomic E-state index is 12.6. The fourth-order valence-corrected chi connectivity index (χ4v) is 5.19. The van der Waals surface area contributed by atoms with Crippen molar-refractivity contribution >= 4 is 44.8 Å². The summed E-state index contributed by atoms with van der Waals surface area (Å²) < 4.78 is 3.34. The van der Waals surface area contributed by atoms with Gasteiger partial charge < -0.3 is 5.32 Å². The Kier molecular flexibility index (Phi) is 5.92. The Morgan fingerprint density at radius 3 is 2.73 bits per heavy atom. The van der Waals surface area contributed by atoms with E-state index in [1.807, 2.05) is 44.2 Å². The molecule has 0 radical (unpaired) electrons. The minimum atomic E-state index is -0.0467. The molecule has 0 aliphatic carbocycles. The van der Waals surface area contributed by atoms with Gasteiger partial charge in [0.25, 0.3) is 0 Å². The predicted molar refractivity (Wildman–Crippen MR) is 126 cm³/mol. The summed E-state index contributed by atoms with van der Waals surface area (Å²) in [6.45, 7) is 8.29. The van der Waals surface area contributed by atoms with E-state index in [9.17, 15) is 4.79 Å². The second kappa shape index (κ2) is 8.62. The van der Waals surface area contributed by atoms with Gasteiger partial charge >= 0.3 is 0 Å². The molecule has 1 N–H and O–H groups in total. The first-order valence-corrected chi connectivity index (χ1v) is 11.7. The second-order valence-corrected chi connectivity index (χ2v) is 9.35. The minimum absolute atomic E-state index is 0.0467. The Morgan fingerprint density at radius 2 is 1.93 bits per heavy atom. The number of amides is 1. The van der Waals surface area contributed by atoms with E-state index in [0.29, 0.717) is 0 Å². The van der Waals surface area contributed by atoms with Crippen LogP contribution in [0.5, 0.6) is 0 Å². The van der Waals surface area contributed by atoms with Crippen LogP contribution >= 0.6 is 23.1 Å². The summed E-state index contributed by atoms with van der Waals surface area (Å²) in [4.78, 5) is 12.6. The minimum Gasteiger partial charge on any atom is -0.325 e. The highest BCUT2D eigenvalue weighted by molar-refractivity contribution is 7.99. The van der Waals surface area contributed by atoms with Gasteiger partial charge in [0.15, 0.2) is 11.0 Å². The quantitative estimate of drug-likeness (QED) is 0.372. The summed E-state index contributed by atoms with van der Waals surface area (Å²) in [5, 5.41) is 16.0. The molecular formula is C23H24N4OS2. The molecule has 5 nitrogen and oxygen atoms in total. The number of carbonyl (C=O) groups is 1. The van der Waals surface area contributed by atoms with Gasteiger partial charge in [0.1, 0.15) is 0 Å². The number of aryl methyl sites for hydroxylation is 1. The summed E-state index contributed by atoms with van der Waals surface area (Å²) >= 11 is 3.13. The summed E-state index contributed by atoms with van der Waals surface area (Å²) in [7, 11) is 0. The SMILES string of the molecule is Cc1cccc(NC(=O)CSc2nnc(-c3csc4ccccc34)n2C(C)C)c1C. The van der Waals surface area contributed by atoms with Crippen LogP contribution in [0.25, 0.3) is 21.5 Å². The van der Waals surface area contributed by atoms with Crippen molar-refractivity contribution in [1.82, 2.24) is 14.8 Å². The summed E-state index contributed by atoms with van der Waals surface area (Å²) in [5.74, 6) is 1.08. The molecular weight excluding hydrogens is 412 g/mol. The number of aromatic nitrogens is 3. The molecule has 4 rings (SSSR count). The molecule has 0 atom stereocenters. The largest absolute Gasteiger partial charge is 0.325 e. The third-order valence-corrected chi connectivity index (χ3v) is 7.02. The van der Waals surface area contributed by atoms with Crippen molar-refractivity contribution < 1.29 is 4.79 Å². The molecule has 2 aromatic carbocycles. The molecule has 0 unspecified atom stereocenters. The van der Waals surface area contributed by atoms with E-state index in [0.717, 1.165) is 33.4 Å². The van der Waals surface area contributed by atoms with Crippen LogP contribution in [0.4, 0.5) is 5.69 Å². The third-order valence-electron chi connectivity index (χ3n) is 5.11. The number of anilines is 1. The first kappa shape index (κ1) is 20.6. The Hall–Kier alpha value is -2.64. The van der Waals surface area contributed by atoms with Gasteiger partial charge in [-0.2, -0.15) is 0 Å². The van der Waals surface area contributed by atoms with Crippen LogP contribution in [0.15, 0.2) is 53.0 Å². The average molecular weight is 437 g/mol. The summed E-state index contributed by atoms with van der Waals surface area (Å²) in [6, 6.07) is 14.4. The zero-order valence-corrected chi connectivity index (χ0v) is 19.1. The van der Waals surface area contributed by atoms with Gasteiger partial charge in [0.05, 0.1) is 5.75 Å². The maximum absolute atomic E-state index is 12.6. The van der Waals surface area contributed by atoms with Crippen molar-refractivity contribution in [2.45, 2.75) is 38.9 Å². The Morgan fingerprint density at radius 1 is 1.13 bits per heavy atom. The molecule has 2 aromatic heterocycles. The van der Waals surface area contributed by atoms with Crippen LogP contribution < -0.4 is 5.32 Å². The number of hydrogen-bond donors (Lipinski definition) is 1. The fraction of sp³-hybridized carbons (Fsp3) is 0.261. The van der Waals surface area contributed by atoms with E-state index in [-0.39, 0.29) is 17.7 Å². The highest BCUT2D eigenvalue weighted by Crippen LogP contribution is 2.35. The van der Waals surface area contributed by atoms with Crippen LogP contribution in [-0.4, -0.2) is 26.4 Å². The molecule has 0 fully saturated rings. The van der Waals surface area contributed by atoms with Crippen LogP contribution in [0.3, 0.4) is 0 Å². The normalized spacial score (nSPS) is 11.4. The van der Waals surface area contributed by atoms with E-state index < -0.39 is 0 Å². The molecule has 7 heteroatoms. The zero-order valence-electron chi connectivity index (χ0n) is 17.5. The molecule has 1 amide bonds. The standard InChI is InChI=1S/C23H24N4OS2/c1-14(2)27-22(18-12-29-20-11-6-5-9-17(18)20)25-26-23(27)30-13-21(28)24-19-10-7-8-15(3)16(19)4/h5-12,14H,13H2,1-4H3,(H,24,28). The second-order valence-electron chi connectivity index (χ2n) is 7.50. The number of benzene rings is 2. The average Bonchev–Trinajstić information content (AvgIpc) is 3.33. The van der Waals surface area contributed by atoms with Gasteiger partial charge in [-0.1, -0.05) is 42.1 Å². The van der Waals surface area contributed by atoms with Gasteiger partial charge in [0.2, 0.25) is 5.91 Å². The van der Waals surface area contributed by atoms with Crippen molar-refractivity contribution in [1.29, 1.82) is 0 Å². The van der Waals surface area contributed by atoms with Gasteiger partial charge in [0, 0.05) is 32.8 Å². The molecule has 2 heterocycles. The molecule has 4 aromatic rings. The number of rotatable bonds is 6. The highest BCUT2D eigenvalue weighted by atomic mass is 32.2. The van der Waals surface area contributed by atoms with Gasteiger partial charge in [-0.25, -0.2) is 0 Å². The first-order chi connectivity index (χ1) is 14.5. The number of thiophene rings is 1. The number of nitrogens with one attached hydrogen (secondary N) is 1. The van der Waals surface area contributed by atoms with Crippen LogP contribution in [-0.2, 0) is 4.79 Å². The smallest absolute Gasteiger partial charge is 0.234 e. The van der Waals surface area contributed by atoms with Crippen molar-refractivity contribution in [2.75, 3.05) is 11.1 Å². The number of carbonyl (C=O) groups excluding carboxylic acids is 1. The van der Waals surface area contributed by atoms with Crippen molar-refractivity contribution in [3.8, 4) is 11.4 Å². The predicted octanol–water partition coefficient (Wildman–Crippen LogP) is 6.09. The monoisotopic (exact) mass is 436 g/mol. The zero-order chi connectivity index (χ0) is 21.3. The highest BCUT2D eigenvalue weighted by Gasteiger charge is 2.20. The number of thioether (sulfide) groups is 1. The molecule has 154 valence electrons. The number of nitrogens with zero attached hydrogens (tertiary/aromatic N) is 3. The van der Waals surface area contributed by atoms with Gasteiger partial charge in [-0.15, -0.1) is 21.5 Å². The lowest BCUT2D eigenvalue weighted by Gasteiger charge is -2.14. The lowest BCUT2D eigenvalue weighted by molar-refractivity contribution is -0.113. The molecule has 0 spiro atoms. The third kappa shape index (κ3) is 4.00. The number of fused-ring (bicyclic) bond motifs is 1. The molecule has 0 saturated heterocycles.